The van der Waals surface area contributed by atoms with Gasteiger partial charge in [-0.05, 0) is 132 Å². The molecule has 0 bridgehead atoms. The summed E-state index contributed by atoms with van der Waals surface area (Å²) in [6.45, 7) is 8.57. The third-order valence-corrected chi connectivity index (χ3v) is 11.7. The van der Waals surface area contributed by atoms with Gasteiger partial charge in [-0.15, -0.1) is 0 Å². The van der Waals surface area contributed by atoms with Gasteiger partial charge in [0.15, 0.2) is 0 Å². The zero-order chi connectivity index (χ0) is 39.3. The van der Waals surface area contributed by atoms with Gasteiger partial charge in [0.2, 0.25) is 0 Å². The quantitative estimate of drug-likeness (QED) is 0.0868. The third kappa shape index (κ3) is 6.24. The van der Waals surface area contributed by atoms with Crippen molar-refractivity contribution >= 4 is 89.4 Å². The number of rotatable bonds is 8. The van der Waals surface area contributed by atoms with Gasteiger partial charge in [0.25, 0.3) is 0 Å². The summed E-state index contributed by atoms with van der Waals surface area (Å²) in [5, 5.41) is 10.1. The highest BCUT2D eigenvalue weighted by atomic mass is 15.1. The first-order valence-corrected chi connectivity index (χ1v) is 20.2. The fraction of sp³-hybridized carbons (Fsp3) is 0.0714. The van der Waals surface area contributed by atoms with E-state index in [2.05, 4.69) is 232 Å². The lowest BCUT2D eigenvalue weighted by atomic mass is 9.88. The molecule has 278 valence electrons. The highest BCUT2D eigenvalue weighted by molar-refractivity contribution is 6.35. The van der Waals surface area contributed by atoms with Crippen LogP contribution < -0.4 is 9.80 Å². The summed E-state index contributed by atoms with van der Waals surface area (Å²) in [7, 11) is 0. The Balaban J connectivity index is 1.15. The van der Waals surface area contributed by atoms with Gasteiger partial charge in [-0.1, -0.05) is 156 Å². The Morgan fingerprint density at radius 1 is 0.276 bits per heavy atom. The largest absolute Gasteiger partial charge is 0.310 e. The monoisotopic (exact) mass is 744 g/mol. The van der Waals surface area contributed by atoms with Crippen LogP contribution in [-0.4, -0.2) is 0 Å². The number of nitrogens with zero attached hydrogens (tertiary/aromatic N) is 2. The van der Waals surface area contributed by atoms with Crippen LogP contribution in [0, 0.1) is 27.7 Å². The standard InChI is InChI=1S/C56H44N2/c1-37-11-19-41(20-12-37)21-22-42-23-31-46(32-24-42)58(45-29-17-40(4)18-30-45)54-36-34-50-49-33-35-53(51-9-5-7-47(55(49)51)48-8-6-10-52(54)56(48)50)57(43-25-13-38(2)14-26-43)44-27-15-39(3)16-28-44/h5-36H,1-4H3/b22-21+. The first-order valence-electron chi connectivity index (χ1n) is 20.2. The molecular weight excluding hydrogens is 701 g/mol. The van der Waals surface area contributed by atoms with Crippen molar-refractivity contribution in [2.45, 2.75) is 27.7 Å². The fourth-order valence-corrected chi connectivity index (χ4v) is 8.61. The number of anilines is 6. The summed E-state index contributed by atoms with van der Waals surface area (Å²) in [6, 6.07) is 67.2. The first kappa shape index (κ1) is 35.3. The van der Waals surface area contributed by atoms with Crippen LogP contribution in [-0.2, 0) is 0 Å². The van der Waals surface area contributed by atoms with Crippen molar-refractivity contribution in [3.05, 3.63) is 215 Å². The molecule has 0 saturated carbocycles. The minimum Gasteiger partial charge on any atom is -0.310 e. The zero-order valence-electron chi connectivity index (χ0n) is 33.4. The highest BCUT2D eigenvalue weighted by Gasteiger charge is 2.22. The van der Waals surface area contributed by atoms with Gasteiger partial charge in [-0.2, -0.15) is 0 Å². The van der Waals surface area contributed by atoms with E-state index in [4.69, 9.17) is 0 Å². The summed E-state index contributed by atoms with van der Waals surface area (Å²) in [5.41, 5.74) is 14.2. The Morgan fingerprint density at radius 3 is 0.914 bits per heavy atom. The maximum absolute atomic E-state index is 2.41. The molecule has 58 heavy (non-hydrogen) atoms. The maximum atomic E-state index is 2.41. The van der Waals surface area contributed by atoms with Crippen molar-refractivity contribution in [3.8, 4) is 0 Å². The van der Waals surface area contributed by atoms with E-state index in [-0.39, 0.29) is 0 Å². The molecule has 0 N–H and O–H groups in total. The molecule has 0 saturated heterocycles. The molecule has 0 heterocycles. The van der Waals surface area contributed by atoms with Gasteiger partial charge in [0.05, 0.1) is 11.4 Å². The van der Waals surface area contributed by atoms with Crippen LogP contribution in [0.5, 0.6) is 0 Å². The van der Waals surface area contributed by atoms with E-state index in [1.807, 2.05) is 0 Å². The van der Waals surface area contributed by atoms with E-state index in [0.29, 0.717) is 0 Å². The Hall–Kier alpha value is -7.16. The molecule has 10 aromatic rings. The Bertz CT molecular complexity index is 3040. The van der Waals surface area contributed by atoms with E-state index in [1.54, 1.807) is 0 Å². The molecule has 0 aliphatic carbocycles. The molecule has 0 unspecified atom stereocenters. The topological polar surface area (TPSA) is 6.48 Å². The molecule has 0 radical (unpaired) electrons. The first-order chi connectivity index (χ1) is 28.4. The number of fused-ring (bicyclic) bond motifs is 2. The van der Waals surface area contributed by atoms with Gasteiger partial charge in [-0.3, -0.25) is 0 Å². The zero-order valence-corrected chi connectivity index (χ0v) is 33.4. The van der Waals surface area contributed by atoms with Crippen molar-refractivity contribution in [1.82, 2.24) is 0 Å². The predicted molar refractivity (Wildman–Crippen MR) is 251 cm³/mol. The number of hydrogen-bond acceptors (Lipinski definition) is 2. The molecule has 0 aliphatic rings. The lowest BCUT2D eigenvalue weighted by Gasteiger charge is -2.29. The van der Waals surface area contributed by atoms with E-state index in [1.165, 1.54) is 76.6 Å². The van der Waals surface area contributed by atoms with Crippen LogP contribution in [0.1, 0.15) is 33.4 Å². The van der Waals surface area contributed by atoms with Crippen molar-refractivity contribution in [2.24, 2.45) is 0 Å². The molecule has 2 nitrogen and oxygen atoms in total. The Labute approximate surface area is 340 Å². The van der Waals surface area contributed by atoms with Crippen LogP contribution in [0.2, 0.25) is 0 Å². The molecule has 0 aliphatic heterocycles. The lowest BCUT2D eigenvalue weighted by molar-refractivity contribution is 1.28. The molecule has 2 heteroatoms. The van der Waals surface area contributed by atoms with Crippen molar-refractivity contribution in [1.29, 1.82) is 0 Å². The molecule has 0 fully saturated rings. The van der Waals surface area contributed by atoms with E-state index in [9.17, 15) is 0 Å². The van der Waals surface area contributed by atoms with Crippen LogP contribution in [0.25, 0.3) is 55.2 Å². The normalized spacial score (nSPS) is 11.7. The summed E-state index contributed by atoms with van der Waals surface area (Å²) < 4.78 is 0. The second kappa shape index (κ2) is 14.4. The Morgan fingerprint density at radius 2 is 0.552 bits per heavy atom. The fourth-order valence-electron chi connectivity index (χ4n) is 8.61. The number of aryl methyl sites for hydroxylation is 4. The molecule has 10 aromatic carbocycles. The molecular formula is C56H44N2. The van der Waals surface area contributed by atoms with Gasteiger partial charge < -0.3 is 9.80 Å². The lowest BCUT2D eigenvalue weighted by Crippen LogP contribution is -2.11. The molecule has 0 atom stereocenters. The number of hydrogen-bond donors (Lipinski definition) is 0. The summed E-state index contributed by atoms with van der Waals surface area (Å²) in [4.78, 5) is 4.82. The predicted octanol–water partition coefficient (Wildman–Crippen LogP) is 16.1. The molecule has 0 spiro atoms. The van der Waals surface area contributed by atoms with Crippen LogP contribution >= 0.6 is 0 Å². The van der Waals surface area contributed by atoms with E-state index >= 15 is 0 Å². The van der Waals surface area contributed by atoms with Crippen molar-refractivity contribution in [3.63, 3.8) is 0 Å². The van der Waals surface area contributed by atoms with E-state index < -0.39 is 0 Å². The van der Waals surface area contributed by atoms with Crippen LogP contribution in [0.15, 0.2) is 182 Å². The average molecular weight is 745 g/mol. The summed E-state index contributed by atoms with van der Waals surface area (Å²) in [5.74, 6) is 0. The molecule has 0 aromatic heterocycles. The van der Waals surface area contributed by atoms with Gasteiger partial charge in [0.1, 0.15) is 0 Å². The minimum atomic E-state index is 1.12. The minimum absolute atomic E-state index is 1.12. The SMILES string of the molecule is Cc1ccc(/C=C/c2ccc(N(c3ccc(C)cc3)c3ccc4c5ccc(N(c6ccc(C)cc6)c6ccc(C)cc6)c6cccc(c7cccc3c74)c65)cc2)cc1. The van der Waals surface area contributed by atoms with Gasteiger partial charge in [-0.25, -0.2) is 0 Å². The van der Waals surface area contributed by atoms with Crippen LogP contribution in [0.4, 0.5) is 34.1 Å². The highest BCUT2D eigenvalue weighted by Crippen LogP contribution is 2.49. The third-order valence-electron chi connectivity index (χ3n) is 11.7. The second-order valence-corrected chi connectivity index (χ2v) is 15.7. The average Bonchev–Trinajstić information content (AvgIpc) is 3.26. The Kier molecular flexibility index (Phi) is 8.76. The van der Waals surface area contributed by atoms with Crippen LogP contribution in [0.3, 0.4) is 0 Å². The smallest absolute Gasteiger partial charge is 0.0540 e. The molecule has 0 amide bonds. The summed E-state index contributed by atoms with van der Waals surface area (Å²) >= 11 is 0. The molecule has 10 rings (SSSR count). The maximum Gasteiger partial charge on any atom is 0.0540 e. The van der Waals surface area contributed by atoms with Gasteiger partial charge >= 0.3 is 0 Å². The van der Waals surface area contributed by atoms with Gasteiger partial charge in [0, 0.05) is 33.5 Å². The van der Waals surface area contributed by atoms with Crippen molar-refractivity contribution < 1.29 is 0 Å². The second-order valence-electron chi connectivity index (χ2n) is 15.7. The van der Waals surface area contributed by atoms with Crippen molar-refractivity contribution in [2.75, 3.05) is 9.80 Å². The number of benzene rings is 10. The summed E-state index contributed by atoms with van der Waals surface area (Å²) in [6.07, 6.45) is 4.37. The van der Waals surface area contributed by atoms with E-state index in [0.717, 1.165) is 34.0 Å².